The number of piperidine rings is 1. The molecule has 3 N–H and O–H groups in total. The number of hydrogen-bond acceptors (Lipinski definition) is 9. The average molecular weight is 475 g/mol. The number of hydrogen-bond donors (Lipinski definition) is 2. The summed E-state index contributed by atoms with van der Waals surface area (Å²) in [6.07, 6.45) is 8.90. The summed E-state index contributed by atoms with van der Waals surface area (Å²) in [5.74, 6) is 1.96. The third-order valence-electron chi connectivity index (χ3n) is 6.22. The van der Waals surface area contributed by atoms with Crippen LogP contribution in [0, 0.1) is 12.3 Å². The summed E-state index contributed by atoms with van der Waals surface area (Å²) in [5, 5.41) is 11.1. The van der Waals surface area contributed by atoms with Gasteiger partial charge in [-0.1, -0.05) is 30.3 Å². The normalized spacial score (nSPS) is 15.8. The molecule has 0 atom stereocenters. The Kier molecular flexibility index (Phi) is 6.88. The molecule has 1 fully saturated rings. The highest BCUT2D eigenvalue weighted by Gasteiger charge is 2.35. The van der Waals surface area contributed by atoms with Gasteiger partial charge in [-0.2, -0.15) is 0 Å². The van der Waals surface area contributed by atoms with Gasteiger partial charge in [-0.25, -0.2) is 19.9 Å². The first kappa shape index (κ1) is 22.8. The van der Waals surface area contributed by atoms with Gasteiger partial charge in [0.2, 0.25) is 0 Å². The van der Waals surface area contributed by atoms with Gasteiger partial charge >= 0.3 is 0 Å². The molecular formula is C22H27ClN6O2S. The average Bonchev–Trinajstić information content (AvgIpc) is 3.31. The summed E-state index contributed by atoms with van der Waals surface area (Å²) >= 11 is 7.66. The Balaban J connectivity index is 1.53. The molecule has 1 aliphatic rings. The van der Waals surface area contributed by atoms with Gasteiger partial charge in [-0.15, -0.1) is 0 Å². The molecule has 0 bridgehead atoms. The number of halogens is 1. The van der Waals surface area contributed by atoms with E-state index in [0.717, 1.165) is 60.9 Å². The van der Waals surface area contributed by atoms with E-state index in [0.29, 0.717) is 15.7 Å². The summed E-state index contributed by atoms with van der Waals surface area (Å²) in [5.41, 5.74) is 7.35. The zero-order valence-corrected chi connectivity index (χ0v) is 19.8. The van der Waals surface area contributed by atoms with E-state index in [1.165, 1.54) is 18.2 Å². The highest BCUT2D eigenvalue weighted by atomic mass is 35.5. The lowest BCUT2D eigenvalue weighted by Gasteiger charge is -2.42. The van der Waals surface area contributed by atoms with Gasteiger partial charge in [-0.05, 0) is 37.7 Å². The van der Waals surface area contributed by atoms with Crippen LogP contribution in [0.4, 0.5) is 11.6 Å². The lowest BCUT2D eigenvalue weighted by atomic mass is 9.73. The SMILES string of the molecule is CCC1(Cc2cnco2)CCN(c2nc(C)c(Sc3ccnc(N)c3Cl)nc2CO)CC1. The quantitative estimate of drug-likeness (QED) is 0.517. The number of rotatable bonds is 7. The monoisotopic (exact) mass is 474 g/mol. The molecule has 3 aromatic heterocycles. The number of pyridine rings is 1. The van der Waals surface area contributed by atoms with Gasteiger partial charge in [0.25, 0.3) is 0 Å². The van der Waals surface area contributed by atoms with Crippen LogP contribution in [0.1, 0.15) is 43.3 Å². The van der Waals surface area contributed by atoms with E-state index in [1.807, 2.05) is 13.1 Å². The minimum atomic E-state index is -0.185. The molecule has 170 valence electrons. The molecule has 0 unspecified atom stereocenters. The first-order chi connectivity index (χ1) is 15.4. The number of nitrogens with two attached hydrogens (primary N) is 1. The number of aryl methyl sites for hydroxylation is 1. The number of aliphatic hydroxyl groups excluding tert-OH is 1. The first-order valence-corrected chi connectivity index (χ1v) is 11.8. The Morgan fingerprint density at radius 3 is 2.75 bits per heavy atom. The minimum Gasteiger partial charge on any atom is -0.449 e. The zero-order valence-electron chi connectivity index (χ0n) is 18.2. The van der Waals surface area contributed by atoms with Crippen molar-refractivity contribution < 1.29 is 9.52 Å². The van der Waals surface area contributed by atoms with Crippen molar-refractivity contribution in [2.75, 3.05) is 23.7 Å². The number of aliphatic hydroxyl groups is 1. The summed E-state index contributed by atoms with van der Waals surface area (Å²) in [7, 11) is 0. The van der Waals surface area contributed by atoms with E-state index >= 15 is 0 Å². The predicted molar refractivity (Wildman–Crippen MR) is 125 cm³/mol. The van der Waals surface area contributed by atoms with Gasteiger partial charge in [0.1, 0.15) is 22.3 Å². The third-order valence-corrected chi connectivity index (χ3v) is 7.87. The molecule has 32 heavy (non-hydrogen) atoms. The second-order valence-corrected chi connectivity index (χ2v) is 9.55. The molecule has 0 amide bonds. The molecule has 3 aromatic rings. The predicted octanol–water partition coefficient (Wildman–Crippen LogP) is 4.29. The summed E-state index contributed by atoms with van der Waals surface area (Å²) in [6, 6.07) is 1.79. The van der Waals surface area contributed by atoms with Crippen molar-refractivity contribution in [3.05, 3.63) is 47.0 Å². The third kappa shape index (κ3) is 4.69. The topological polar surface area (TPSA) is 114 Å². The van der Waals surface area contributed by atoms with Crippen molar-refractivity contribution in [1.29, 1.82) is 0 Å². The molecule has 0 aliphatic carbocycles. The fraction of sp³-hybridized carbons (Fsp3) is 0.455. The smallest absolute Gasteiger partial charge is 0.180 e. The summed E-state index contributed by atoms with van der Waals surface area (Å²) in [6.45, 7) is 5.67. The molecule has 1 saturated heterocycles. The number of aromatic nitrogens is 4. The van der Waals surface area contributed by atoms with E-state index in [-0.39, 0.29) is 17.8 Å². The molecule has 4 heterocycles. The van der Waals surface area contributed by atoms with E-state index in [2.05, 4.69) is 21.8 Å². The van der Waals surface area contributed by atoms with Crippen LogP contribution in [0.5, 0.6) is 0 Å². The van der Waals surface area contributed by atoms with Gasteiger partial charge in [0, 0.05) is 30.6 Å². The van der Waals surface area contributed by atoms with Crippen molar-refractivity contribution in [2.24, 2.45) is 5.41 Å². The standard InChI is InChI=1S/C22H27ClN6O2S/c1-3-22(10-15-11-25-13-31-15)5-8-29(9-6-22)20-16(12-30)28-21(14(2)27-20)32-17-4-7-26-19(24)18(17)23/h4,7,11,13,30H,3,5-6,8-10,12H2,1-2H3,(H2,24,26). The Morgan fingerprint density at radius 2 is 2.09 bits per heavy atom. The van der Waals surface area contributed by atoms with Crippen molar-refractivity contribution in [2.45, 2.75) is 56.1 Å². The maximum Gasteiger partial charge on any atom is 0.180 e. The fourth-order valence-corrected chi connectivity index (χ4v) is 5.26. The first-order valence-electron chi connectivity index (χ1n) is 10.6. The molecule has 4 rings (SSSR count). The second kappa shape index (κ2) is 9.64. The number of oxazole rings is 1. The molecule has 10 heteroatoms. The van der Waals surface area contributed by atoms with Crippen LogP contribution in [-0.4, -0.2) is 38.1 Å². The van der Waals surface area contributed by atoms with Crippen molar-refractivity contribution in [1.82, 2.24) is 19.9 Å². The van der Waals surface area contributed by atoms with Crippen molar-refractivity contribution in [3.63, 3.8) is 0 Å². The van der Waals surface area contributed by atoms with Crippen LogP contribution in [0.3, 0.4) is 0 Å². The Hall–Kier alpha value is -2.36. The Bertz CT molecular complexity index is 1070. The highest BCUT2D eigenvalue weighted by Crippen LogP contribution is 2.41. The number of nitrogens with zero attached hydrogens (tertiary/aromatic N) is 5. The van der Waals surface area contributed by atoms with E-state index in [9.17, 15) is 5.11 Å². The van der Waals surface area contributed by atoms with Gasteiger partial charge < -0.3 is 20.2 Å². The van der Waals surface area contributed by atoms with E-state index in [4.69, 9.17) is 31.7 Å². The molecule has 0 aromatic carbocycles. The van der Waals surface area contributed by atoms with Crippen LogP contribution in [0.15, 0.2) is 39.2 Å². The van der Waals surface area contributed by atoms with Crippen LogP contribution in [0.25, 0.3) is 0 Å². The zero-order chi connectivity index (χ0) is 22.7. The Labute approximate surface area is 196 Å². The van der Waals surface area contributed by atoms with Gasteiger partial charge in [-0.3, -0.25) is 0 Å². The molecule has 1 aliphatic heterocycles. The molecule has 0 radical (unpaired) electrons. The second-order valence-electron chi connectivity index (χ2n) is 8.14. The number of nitrogen functional groups attached to an aromatic ring is 1. The maximum absolute atomic E-state index is 10.0. The van der Waals surface area contributed by atoms with Gasteiger partial charge in [0.15, 0.2) is 12.2 Å². The van der Waals surface area contributed by atoms with Crippen molar-refractivity contribution >= 4 is 35.0 Å². The van der Waals surface area contributed by atoms with E-state index in [1.54, 1.807) is 12.3 Å². The minimum absolute atomic E-state index is 0.185. The van der Waals surface area contributed by atoms with E-state index < -0.39 is 0 Å². The largest absolute Gasteiger partial charge is 0.449 e. The van der Waals surface area contributed by atoms with Gasteiger partial charge in [0.05, 0.1) is 23.5 Å². The molecule has 8 nitrogen and oxygen atoms in total. The highest BCUT2D eigenvalue weighted by molar-refractivity contribution is 7.99. The van der Waals surface area contributed by atoms with Crippen LogP contribution < -0.4 is 10.6 Å². The molecular weight excluding hydrogens is 448 g/mol. The summed E-state index contributed by atoms with van der Waals surface area (Å²) in [4.78, 5) is 20.6. The van der Waals surface area contributed by atoms with Crippen LogP contribution >= 0.6 is 23.4 Å². The lowest BCUT2D eigenvalue weighted by Crippen LogP contribution is -2.42. The Morgan fingerprint density at radius 1 is 1.31 bits per heavy atom. The molecule has 0 saturated carbocycles. The molecule has 0 spiro atoms. The van der Waals surface area contributed by atoms with Crippen molar-refractivity contribution in [3.8, 4) is 0 Å². The van der Waals surface area contributed by atoms with Crippen LogP contribution in [0.2, 0.25) is 5.02 Å². The fourth-order valence-electron chi connectivity index (χ4n) is 4.15. The maximum atomic E-state index is 10.0. The lowest BCUT2D eigenvalue weighted by molar-refractivity contribution is 0.193. The summed E-state index contributed by atoms with van der Waals surface area (Å²) < 4.78 is 5.50. The number of anilines is 2. The van der Waals surface area contributed by atoms with Crippen LogP contribution in [-0.2, 0) is 13.0 Å².